The van der Waals surface area contributed by atoms with E-state index in [0.717, 1.165) is 5.56 Å². The van der Waals surface area contributed by atoms with E-state index in [1.165, 1.54) is 6.33 Å². The number of rotatable bonds is 5. The Hall–Kier alpha value is -1.36. The maximum Gasteiger partial charge on any atom is 0.239 e. The smallest absolute Gasteiger partial charge is 0.239 e. The Labute approximate surface area is 106 Å². The van der Waals surface area contributed by atoms with Gasteiger partial charge in [0.1, 0.15) is 17.3 Å². The summed E-state index contributed by atoms with van der Waals surface area (Å²) in [5.41, 5.74) is 0.742. The van der Waals surface area contributed by atoms with Crippen LogP contribution < -0.4 is 10.6 Å². The van der Waals surface area contributed by atoms with Crippen LogP contribution in [0.25, 0.3) is 0 Å². The van der Waals surface area contributed by atoms with Crippen molar-refractivity contribution in [2.75, 3.05) is 18.4 Å². The third-order valence-electron chi connectivity index (χ3n) is 2.15. The van der Waals surface area contributed by atoms with E-state index in [-0.39, 0.29) is 12.5 Å². The van der Waals surface area contributed by atoms with E-state index in [1.807, 2.05) is 13.8 Å². The third-order valence-corrected chi connectivity index (χ3v) is 2.53. The monoisotopic (exact) mass is 256 g/mol. The molecule has 1 rings (SSSR count). The number of amides is 1. The van der Waals surface area contributed by atoms with Crippen molar-refractivity contribution in [1.29, 1.82) is 0 Å². The molecular formula is C11H17ClN4O. The molecule has 5 nitrogen and oxygen atoms in total. The van der Waals surface area contributed by atoms with Crippen LogP contribution in [0.3, 0.4) is 0 Å². The van der Waals surface area contributed by atoms with E-state index in [4.69, 9.17) is 11.6 Å². The standard InChI is InChI=1S/C11H17ClN4O/c1-7(2)4-13-9(17)5-14-11-8(3)10(12)15-6-16-11/h6-7H,4-5H2,1-3H3,(H,13,17)(H,14,15,16). The number of aromatic nitrogens is 2. The lowest BCUT2D eigenvalue weighted by Gasteiger charge is -2.10. The van der Waals surface area contributed by atoms with Crippen LogP contribution in [0.4, 0.5) is 5.82 Å². The van der Waals surface area contributed by atoms with Gasteiger partial charge in [0.25, 0.3) is 0 Å². The van der Waals surface area contributed by atoms with Crippen LogP contribution in [0.1, 0.15) is 19.4 Å². The van der Waals surface area contributed by atoms with Crippen LogP contribution in [0.5, 0.6) is 0 Å². The molecular weight excluding hydrogens is 240 g/mol. The molecule has 2 N–H and O–H groups in total. The van der Waals surface area contributed by atoms with E-state index < -0.39 is 0 Å². The lowest BCUT2D eigenvalue weighted by Crippen LogP contribution is -2.32. The van der Waals surface area contributed by atoms with Crippen molar-refractivity contribution >= 4 is 23.3 Å². The summed E-state index contributed by atoms with van der Waals surface area (Å²) in [6.07, 6.45) is 1.36. The van der Waals surface area contributed by atoms with Crippen molar-refractivity contribution in [3.63, 3.8) is 0 Å². The molecule has 0 unspecified atom stereocenters. The van der Waals surface area contributed by atoms with Gasteiger partial charge in [-0.1, -0.05) is 25.4 Å². The first-order valence-corrected chi connectivity index (χ1v) is 5.86. The number of hydrogen-bond acceptors (Lipinski definition) is 4. The summed E-state index contributed by atoms with van der Waals surface area (Å²) in [4.78, 5) is 19.3. The predicted octanol–water partition coefficient (Wildman–Crippen LogP) is 1.62. The number of carbonyl (C=O) groups excluding carboxylic acids is 1. The maximum atomic E-state index is 11.5. The maximum absolute atomic E-state index is 11.5. The fourth-order valence-corrected chi connectivity index (χ4v) is 1.28. The second-order valence-corrected chi connectivity index (χ2v) is 4.55. The molecule has 0 aliphatic heterocycles. The molecule has 0 fully saturated rings. The molecule has 0 aliphatic rings. The van der Waals surface area contributed by atoms with Crippen molar-refractivity contribution < 1.29 is 4.79 Å². The Kier molecular flexibility index (Phi) is 5.15. The van der Waals surface area contributed by atoms with E-state index in [2.05, 4.69) is 20.6 Å². The van der Waals surface area contributed by atoms with Crippen LogP contribution in [0, 0.1) is 12.8 Å². The molecule has 0 aliphatic carbocycles. The molecule has 0 saturated carbocycles. The predicted molar refractivity (Wildman–Crippen MR) is 68.1 cm³/mol. The van der Waals surface area contributed by atoms with E-state index >= 15 is 0 Å². The van der Waals surface area contributed by atoms with Gasteiger partial charge < -0.3 is 10.6 Å². The number of hydrogen-bond donors (Lipinski definition) is 2. The Bertz CT molecular complexity index is 395. The normalized spacial score (nSPS) is 10.4. The first-order valence-electron chi connectivity index (χ1n) is 5.48. The van der Waals surface area contributed by atoms with Crippen LogP contribution in [0.15, 0.2) is 6.33 Å². The van der Waals surface area contributed by atoms with E-state index in [9.17, 15) is 4.79 Å². The molecule has 0 atom stereocenters. The van der Waals surface area contributed by atoms with Crippen molar-refractivity contribution in [3.8, 4) is 0 Å². The molecule has 1 heterocycles. The zero-order valence-electron chi connectivity index (χ0n) is 10.2. The molecule has 0 radical (unpaired) electrons. The fourth-order valence-electron chi connectivity index (χ4n) is 1.15. The van der Waals surface area contributed by atoms with Gasteiger partial charge in [-0.15, -0.1) is 0 Å². The third kappa shape index (κ3) is 4.56. The van der Waals surface area contributed by atoms with Crippen LogP contribution in [0.2, 0.25) is 5.15 Å². The first kappa shape index (κ1) is 13.7. The highest BCUT2D eigenvalue weighted by Crippen LogP contribution is 2.17. The summed E-state index contributed by atoms with van der Waals surface area (Å²) in [6, 6.07) is 0. The molecule has 17 heavy (non-hydrogen) atoms. The lowest BCUT2D eigenvalue weighted by molar-refractivity contribution is -0.119. The Morgan fingerprint density at radius 1 is 1.47 bits per heavy atom. The van der Waals surface area contributed by atoms with Crippen LogP contribution >= 0.6 is 11.6 Å². The lowest BCUT2D eigenvalue weighted by atomic mass is 10.2. The fraction of sp³-hybridized carbons (Fsp3) is 0.545. The van der Waals surface area contributed by atoms with Crippen molar-refractivity contribution in [2.24, 2.45) is 5.92 Å². The number of anilines is 1. The van der Waals surface area contributed by atoms with Gasteiger partial charge in [-0.3, -0.25) is 4.79 Å². The van der Waals surface area contributed by atoms with Crippen molar-refractivity contribution in [1.82, 2.24) is 15.3 Å². The second-order valence-electron chi connectivity index (χ2n) is 4.19. The van der Waals surface area contributed by atoms with Crippen LogP contribution in [-0.2, 0) is 4.79 Å². The molecule has 6 heteroatoms. The summed E-state index contributed by atoms with van der Waals surface area (Å²) >= 11 is 5.84. The quantitative estimate of drug-likeness (QED) is 0.786. The molecule has 0 saturated heterocycles. The summed E-state index contributed by atoms with van der Waals surface area (Å²) in [5, 5.41) is 6.13. The van der Waals surface area contributed by atoms with Gasteiger partial charge in [0.2, 0.25) is 5.91 Å². The Morgan fingerprint density at radius 3 is 2.82 bits per heavy atom. The zero-order valence-corrected chi connectivity index (χ0v) is 11.0. The molecule has 0 aromatic carbocycles. The highest BCUT2D eigenvalue weighted by atomic mass is 35.5. The first-order chi connectivity index (χ1) is 8.00. The van der Waals surface area contributed by atoms with Gasteiger partial charge in [-0.25, -0.2) is 9.97 Å². The van der Waals surface area contributed by atoms with Gasteiger partial charge >= 0.3 is 0 Å². The Morgan fingerprint density at radius 2 is 2.18 bits per heavy atom. The summed E-state index contributed by atoms with van der Waals surface area (Å²) in [6.45, 7) is 6.74. The SMILES string of the molecule is Cc1c(Cl)ncnc1NCC(=O)NCC(C)C. The molecule has 0 spiro atoms. The number of nitrogens with zero attached hydrogens (tertiary/aromatic N) is 2. The van der Waals surface area contributed by atoms with Crippen molar-refractivity contribution in [2.45, 2.75) is 20.8 Å². The average Bonchev–Trinajstić information content (AvgIpc) is 2.28. The van der Waals surface area contributed by atoms with E-state index in [1.54, 1.807) is 6.92 Å². The van der Waals surface area contributed by atoms with E-state index in [0.29, 0.717) is 23.4 Å². The summed E-state index contributed by atoms with van der Waals surface area (Å²) in [7, 11) is 0. The van der Waals surface area contributed by atoms with Gasteiger partial charge in [-0.05, 0) is 12.8 Å². The topological polar surface area (TPSA) is 66.9 Å². The van der Waals surface area contributed by atoms with Gasteiger partial charge in [0.05, 0.1) is 6.54 Å². The largest absolute Gasteiger partial charge is 0.361 e. The number of halogens is 1. The minimum Gasteiger partial charge on any atom is -0.361 e. The number of nitrogens with one attached hydrogen (secondary N) is 2. The minimum atomic E-state index is -0.0622. The Balaban J connectivity index is 2.45. The van der Waals surface area contributed by atoms with Gasteiger partial charge in [-0.2, -0.15) is 0 Å². The highest BCUT2D eigenvalue weighted by Gasteiger charge is 2.07. The summed E-state index contributed by atoms with van der Waals surface area (Å²) in [5.74, 6) is 0.965. The molecule has 1 amide bonds. The highest BCUT2D eigenvalue weighted by molar-refractivity contribution is 6.30. The molecule has 0 bridgehead atoms. The minimum absolute atomic E-state index is 0.0622. The number of carbonyl (C=O) groups is 1. The van der Waals surface area contributed by atoms with Crippen LogP contribution in [-0.4, -0.2) is 29.0 Å². The van der Waals surface area contributed by atoms with Gasteiger partial charge in [0.15, 0.2) is 0 Å². The average molecular weight is 257 g/mol. The van der Waals surface area contributed by atoms with Crippen molar-refractivity contribution in [3.05, 3.63) is 17.0 Å². The molecule has 1 aromatic heterocycles. The van der Waals surface area contributed by atoms with Gasteiger partial charge in [0, 0.05) is 12.1 Å². The second kappa shape index (κ2) is 6.39. The molecule has 94 valence electrons. The molecule has 1 aromatic rings. The summed E-state index contributed by atoms with van der Waals surface area (Å²) < 4.78 is 0. The zero-order chi connectivity index (χ0) is 12.8.